The minimum absolute atomic E-state index is 0.107. The van der Waals surface area contributed by atoms with Crippen LogP contribution in [0.2, 0.25) is 0 Å². The number of phosphoric ester groups is 2. The number of unbranched alkanes of at least 4 members (excludes halogenated alkanes) is 48. The molecule has 0 heterocycles. The van der Waals surface area contributed by atoms with Crippen LogP contribution in [0.1, 0.15) is 440 Å². The molecule has 7 atom stereocenters. The lowest BCUT2D eigenvalue weighted by Gasteiger charge is -2.21. The summed E-state index contributed by atoms with van der Waals surface area (Å²) in [5.41, 5.74) is 0. The average Bonchev–Trinajstić information content (AvgIpc) is 0.921. The van der Waals surface area contributed by atoms with Gasteiger partial charge in [-0.15, -0.1) is 0 Å². The van der Waals surface area contributed by atoms with Crippen LogP contribution in [0.3, 0.4) is 0 Å². The normalized spacial score (nSPS) is 14.4. The van der Waals surface area contributed by atoms with Gasteiger partial charge in [-0.2, -0.15) is 0 Å². The number of aliphatic hydroxyl groups excluding tert-OH is 1. The van der Waals surface area contributed by atoms with Crippen LogP contribution in [-0.2, 0) is 65.4 Å². The predicted octanol–water partition coefficient (Wildman–Crippen LogP) is 25.3. The van der Waals surface area contributed by atoms with E-state index in [9.17, 15) is 43.2 Å². The van der Waals surface area contributed by atoms with E-state index in [4.69, 9.17) is 37.0 Å². The standard InChI is InChI=1S/C84H164O17P2/c1-8-11-12-13-14-15-16-21-30-37-44-51-58-65-81(86)94-72-80(101-84(89)68-61-54-47-40-33-26-27-34-41-48-55-62-75(4)5)74-99-103(92,93)97-70-78(85)69-96-102(90,91)98-73-79(100-83(88)67-60-53-46-39-32-25-20-18-23-29-36-43-50-57-64-77(7)10-3)71-95-82(87)66-59-52-45-38-31-24-19-17-22-28-35-42-49-56-63-76(6)9-2/h75-80,85H,8-74H2,1-7H3,(H,90,91)(H,92,93)/t76?,77?,78-,79-,80-/m1/s1. The highest BCUT2D eigenvalue weighted by atomic mass is 31.2. The first-order valence-electron chi connectivity index (χ1n) is 43.4. The summed E-state index contributed by atoms with van der Waals surface area (Å²) in [4.78, 5) is 73.2. The first kappa shape index (κ1) is 101. The van der Waals surface area contributed by atoms with E-state index < -0.39 is 97.5 Å². The highest BCUT2D eigenvalue weighted by Gasteiger charge is 2.30. The number of esters is 4. The highest BCUT2D eigenvalue weighted by molar-refractivity contribution is 7.47. The Kier molecular flexibility index (Phi) is 72.8. The third-order valence-electron chi connectivity index (χ3n) is 20.4. The van der Waals surface area contributed by atoms with Gasteiger partial charge in [0.05, 0.1) is 26.4 Å². The van der Waals surface area contributed by atoms with Crippen molar-refractivity contribution in [2.45, 2.75) is 458 Å². The Hall–Kier alpha value is -1.94. The van der Waals surface area contributed by atoms with Gasteiger partial charge in [0.25, 0.3) is 0 Å². The topological polar surface area (TPSA) is 237 Å². The van der Waals surface area contributed by atoms with Crippen molar-refractivity contribution in [3.63, 3.8) is 0 Å². The fraction of sp³-hybridized carbons (Fsp3) is 0.952. The van der Waals surface area contributed by atoms with E-state index in [1.807, 2.05) is 0 Å². The Balaban J connectivity index is 5.27. The van der Waals surface area contributed by atoms with Crippen LogP contribution in [-0.4, -0.2) is 96.7 Å². The molecule has 0 saturated heterocycles. The first-order valence-corrected chi connectivity index (χ1v) is 46.4. The van der Waals surface area contributed by atoms with E-state index >= 15 is 0 Å². The molecule has 0 radical (unpaired) electrons. The Morgan fingerprint density at radius 2 is 0.495 bits per heavy atom. The second-order valence-corrected chi connectivity index (χ2v) is 34.1. The van der Waals surface area contributed by atoms with Crippen molar-refractivity contribution in [1.82, 2.24) is 0 Å². The molecule has 0 amide bonds. The van der Waals surface area contributed by atoms with Gasteiger partial charge in [0.1, 0.15) is 19.3 Å². The molecule has 0 bridgehead atoms. The first-order chi connectivity index (χ1) is 49.8. The van der Waals surface area contributed by atoms with Crippen molar-refractivity contribution < 1.29 is 80.2 Å². The van der Waals surface area contributed by atoms with Gasteiger partial charge in [0.15, 0.2) is 12.2 Å². The molecule has 0 aliphatic heterocycles. The molecule has 0 spiro atoms. The molecule has 0 fully saturated rings. The average molecular weight is 1510 g/mol. The molecule has 0 saturated carbocycles. The van der Waals surface area contributed by atoms with Crippen LogP contribution < -0.4 is 0 Å². The summed E-state index contributed by atoms with van der Waals surface area (Å²) in [7, 11) is -9.93. The molecule has 3 N–H and O–H groups in total. The third-order valence-corrected chi connectivity index (χ3v) is 22.3. The van der Waals surface area contributed by atoms with Crippen LogP contribution in [0.5, 0.6) is 0 Å². The van der Waals surface area contributed by atoms with Gasteiger partial charge < -0.3 is 33.8 Å². The maximum Gasteiger partial charge on any atom is 0.472 e. The molecular formula is C84H164O17P2. The molecule has 0 aliphatic carbocycles. The molecule has 0 aliphatic rings. The number of ether oxygens (including phenoxy) is 4. The lowest BCUT2D eigenvalue weighted by atomic mass is 9.99. The summed E-state index contributed by atoms with van der Waals surface area (Å²) in [5.74, 6) is 0.356. The number of carbonyl (C=O) groups is 4. The largest absolute Gasteiger partial charge is 0.472 e. The van der Waals surface area contributed by atoms with Crippen molar-refractivity contribution in [2.24, 2.45) is 17.8 Å². The van der Waals surface area contributed by atoms with E-state index in [-0.39, 0.29) is 25.7 Å². The molecule has 0 aromatic carbocycles. The van der Waals surface area contributed by atoms with Crippen molar-refractivity contribution in [3.05, 3.63) is 0 Å². The van der Waals surface area contributed by atoms with Gasteiger partial charge in [0.2, 0.25) is 0 Å². The Morgan fingerprint density at radius 3 is 0.738 bits per heavy atom. The number of aliphatic hydroxyl groups is 1. The van der Waals surface area contributed by atoms with Crippen molar-refractivity contribution in [3.8, 4) is 0 Å². The highest BCUT2D eigenvalue weighted by Crippen LogP contribution is 2.45. The van der Waals surface area contributed by atoms with Crippen LogP contribution >= 0.6 is 15.6 Å². The number of hydrogen-bond acceptors (Lipinski definition) is 15. The molecule has 0 rings (SSSR count). The van der Waals surface area contributed by atoms with Gasteiger partial charge in [-0.25, -0.2) is 9.13 Å². The lowest BCUT2D eigenvalue weighted by molar-refractivity contribution is -0.161. The zero-order valence-electron chi connectivity index (χ0n) is 67.8. The number of rotatable bonds is 82. The van der Waals surface area contributed by atoms with Crippen molar-refractivity contribution in [1.29, 1.82) is 0 Å². The summed E-state index contributed by atoms with van der Waals surface area (Å²) in [6.45, 7) is 12.1. The van der Waals surface area contributed by atoms with Gasteiger partial charge in [-0.05, 0) is 43.4 Å². The van der Waals surface area contributed by atoms with Crippen molar-refractivity contribution >= 4 is 39.5 Å². The van der Waals surface area contributed by atoms with Gasteiger partial charge in [0, 0.05) is 25.7 Å². The maximum atomic E-state index is 13.1. The Labute approximate surface area is 632 Å². The molecule has 612 valence electrons. The van der Waals surface area contributed by atoms with Crippen LogP contribution in [0.4, 0.5) is 0 Å². The quantitative estimate of drug-likeness (QED) is 0.0222. The van der Waals surface area contributed by atoms with E-state index in [0.717, 1.165) is 108 Å². The summed E-state index contributed by atoms with van der Waals surface area (Å²) >= 11 is 0. The van der Waals surface area contributed by atoms with E-state index in [0.29, 0.717) is 25.7 Å². The lowest BCUT2D eigenvalue weighted by Crippen LogP contribution is -2.30. The fourth-order valence-corrected chi connectivity index (χ4v) is 14.5. The molecule has 17 nitrogen and oxygen atoms in total. The van der Waals surface area contributed by atoms with E-state index in [1.165, 1.54) is 250 Å². The minimum Gasteiger partial charge on any atom is -0.462 e. The molecule has 0 aromatic rings. The monoisotopic (exact) mass is 1510 g/mol. The summed E-state index contributed by atoms with van der Waals surface area (Å²) < 4.78 is 68.9. The van der Waals surface area contributed by atoms with Crippen LogP contribution in [0, 0.1) is 17.8 Å². The Bertz CT molecular complexity index is 2000. The maximum absolute atomic E-state index is 13.1. The SMILES string of the molecule is CCCCCCCCCCCCCCCC(=O)OC[C@H](COP(=O)(O)OC[C@H](O)COP(=O)(O)OC[C@@H](COC(=O)CCCCCCCCCCCCCCCCC(C)CC)OC(=O)CCCCCCCCCCCCCCCCC(C)CC)OC(=O)CCCCCCCCCCCCCC(C)C. The number of carbonyl (C=O) groups excluding carboxylic acids is 4. The van der Waals surface area contributed by atoms with Gasteiger partial charge in [-0.3, -0.25) is 37.3 Å². The van der Waals surface area contributed by atoms with Crippen molar-refractivity contribution in [2.75, 3.05) is 39.6 Å². The third kappa shape index (κ3) is 75.3. The molecule has 0 aromatic heterocycles. The summed E-state index contributed by atoms with van der Waals surface area (Å²) in [6.07, 6.45) is 63.5. The zero-order chi connectivity index (χ0) is 75.8. The van der Waals surface area contributed by atoms with E-state index in [2.05, 4.69) is 48.5 Å². The zero-order valence-corrected chi connectivity index (χ0v) is 69.6. The van der Waals surface area contributed by atoms with Gasteiger partial charge >= 0.3 is 39.5 Å². The Morgan fingerprint density at radius 1 is 0.282 bits per heavy atom. The minimum atomic E-state index is -4.97. The molecule has 103 heavy (non-hydrogen) atoms. The fourth-order valence-electron chi connectivity index (χ4n) is 13.0. The van der Waals surface area contributed by atoms with Crippen LogP contribution in [0.25, 0.3) is 0 Å². The molecule has 19 heteroatoms. The predicted molar refractivity (Wildman–Crippen MR) is 423 cm³/mol. The second kappa shape index (κ2) is 74.2. The summed E-state index contributed by atoms with van der Waals surface area (Å²) in [6, 6.07) is 0. The number of phosphoric acid groups is 2. The molecule has 4 unspecified atom stereocenters. The number of hydrogen-bond donors (Lipinski definition) is 3. The molecular weight excluding hydrogens is 1340 g/mol. The smallest absolute Gasteiger partial charge is 0.462 e. The second-order valence-electron chi connectivity index (χ2n) is 31.2. The van der Waals surface area contributed by atoms with E-state index in [1.54, 1.807) is 0 Å². The van der Waals surface area contributed by atoms with Crippen LogP contribution in [0.15, 0.2) is 0 Å². The van der Waals surface area contributed by atoms with Gasteiger partial charge in [-0.1, -0.05) is 389 Å². The summed E-state index contributed by atoms with van der Waals surface area (Å²) in [5, 5.41) is 10.7.